The number of aliphatic carboxylic acids is 1. The van der Waals surface area contributed by atoms with Gasteiger partial charge >= 0.3 is 5.97 Å². The summed E-state index contributed by atoms with van der Waals surface area (Å²) in [5.74, 6) is -0.540. The minimum atomic E-state index is -2.92. The smallest absolute Gasteiger partial charge is 0.305 e. The molecule has 1 aliphatic heterocycles. The average Bonchev–Trinajstić information content (AvgIpc) is 2.93. The normalized spacial score (nSPS) is 26.6. The second-order valence-corrected chi connectivity index (χ2v) is 9.46. The van der Waals surface area contributed by atoms with Gasteiger partial charge in [-0.2, -0.15) is 0 Å². The van der Waals surface area contributed by atoms with Gasteiger partial charge in [0.2, 0.25) is 5.91 Å². The first kappa shape index (κ1) is 16.6. The zero-order valence-electron chi connectivity index (χ0n) is 11.8. The summed E-state index contributed by atoms with van der Waals surface area (Å²) in [6.07, 6.45) is 3.83. The molecule has 0 aromatic rings. The van der Waals surface area contributed by atoms with Gasteiger partial charge in [-0.05, 0) is 19.3 Å². The Morgan fingerprint density at radius 3 is 2.48 bits per heavy atom. The monoisotopic (exact) mass is 335 g/mol. The van der Waals surface area contributed by atoms with Gasteiger partial charge in [0.15, 0.2) is 9.84 Å². The van der Waals surface area contributed by atoms with Crippen LogP contribution in [-0.4, -0.2) is 53.4 Å². The van der Waals surface area contributed by atoms with E-state index >= 15 is 0 Å². The number of hydrogen-bond acceptors (Lipinski definition) is 5. The molecule has 6 nitrogen and oxygen atoms in total. The molecule has 2 aliphatic rings. The van der Waals surface area contributed by atoms with Gasteiger partial charge in [0.25, 0.3) is 0 Å². The fourth-order valence-electron chi connectivity index (χ4n) is 3.10. The van der Waals surface area contributed by atoms with Crippen LogP contribution in [0.15, 0.2) is 0 Å². The Morgan fingerprint density at radius 2 is 1.95 bits per heavy atom. The van der Waals surface area contributed by atoms with Crippen LogP contribution in [0.1, 0.15) is 38.5 Å². The minimum Gasteiger partial charge on any atom is -0.481 e. The molecule has 0 bridgehead atoms. The van der Waals surface area contributed by atoms with Gasteiger partial charge in [0.1, 0.15) is 0 Å². The highest BCUT2D eigenvalue weighted by atomic mass is 32.2. The quantitative estimate of drug-likeness (QED) is 0.745. The summed E-state index contributed by atoms with van der Waals surface area (Å²) in [6.45, 7) is 0. The molecule has 0 aromatic carbocycles. The summed E-state index contributed by atoms with van der Waals surface area (Å²) in [6, 6.07) is 0. The van der Waals surface area contributed by atoms with Crippen LogP contribution < -0.4 is 5.32 Å². The number of carboxylic acids is 1. The molecule has 8 heteroatoms. The minimum absolute atomic E-state index is 0.0141. The third-order valence-electron chi connectivity index (χ3n) is 4.10. The number of thioether (sulfide) groups is 1. The van der Waals surface area contributed by atoms with E-state index in [1.165, 1.54) is 11.8 Å². The van der Waals surface area contributed by atoms with Gasteiger partial charge in [-0.15, -0.1) is 11.8 Å². The lowest BCUT2D eigenvalue weighted by Gasteiger charge is -2.28. The van der Waals surface area contributed by atoms with E-state index in [1.807, 2.05) is 0 Å². The van der Waals surface area contributed by atoms with E-state index in [1.54, 1.807) is 0 Å². The highest BCUT2D eigenvalue weighted by molar-refractivity contribution is 8.02. The zero-order chi connectivity index (χ0) is 15.5. The highest BCUT2D eigenvalue weighted by Crippen LogP contribution is 2.33. The first-order valence-electron chi connectivity index (χ1n) is 7.15. The molecular formula is C13H21NO5S2. The lowest BCUT2D eigenvalue weighted by atomic mass is 9.93. The maximum absolute atomic E-state index is 12.0. The summed E-state index contributed by atoms with van der Waals surface area (Å²) in [5.41, 5.74) is -0.606. The number of carboxylic acid groups (broad SMARTS) is 1. The summed E-state index contributed by atoms with van der Waals surface area (Å²) in [4.78, 5) is 23.0. The van der Waals surface area contributed by atoms with Crippen molar-refractivity contribution >= 4 is 33.5 Å². The molecule has 2 N–H and O–H groups in total. The lowest BCUT2D eigenvalue weighted by Crippen LogP contribution is -2.48. The second kappa shape index (κ2) is 6.56. The van der Waals surface area contributed by atoms with Crippen LogP contribution in [0.4, 0.5) is 0 Å². The Kier molecular flexibility index (Phi) is 5.19. The van der Waals surface area contributed by atoms with E-state index in [9.17, 15) is 18.0 Å². The predicted molar refractivity (Wildman–Crippen MR) is 81.1 cm³/mol. The van der Waals surface area contributed by atoms with Crippen molar-refractivity contribution in [3.05, 3.63) is 0 Å². The number of carbonyl (C=O) groups excluding carboxylic acids is 1. The molecule has 0 spiro atoms. The first-order chi connectivity index (χ1) is 9.80. The zero-order valence-corrected chi connectivity index (χ0v) is 13.5. The molecule has 1 aliphatic carbocycles. The highest BCUT2D eigenvalue weighted by Gasteiger charge is 2.37. The molecule has 1 amide bonds. The van der Waals surface area contributed by atoms with Crippen LogP contribution in [0.2, 0.25) is 0 Å². The third kappa shape index (κ3) is 4.88. The SMILES string of the molecule is O=C(O)CC1(NC(=O)CSC2CCS(=O)(=O)C2)CCCC1. The average molecular weight is 335 g/mol. The second-order valence-electron chi connectivity index (χ2n) is 5.94. The number of carbonyl (C=O) groups is 2. The van der Waals surface area contributed by atoms with E-state index < -0.39 is 21.3 Å². The standard InChI is InChI=1S/C13H21NO5S2/c15-11(8-20-10-3-6-21(18,19)9-10)14-13(7-12(16)17)4-1-2-5-13/h10H,1-9H2,(H,14,15)(H,16,17). The Balaban J connectivity index is 1.81. The topological polar surface area (TPSA) is 101 Å². The van der Waals surface area contributed by atoms with Crippen molar-refractivity contribution < 1.29 is 23.1 Å². The fraction of sp³-hybridized carbons (Fsp3) is 0.846. The van der Waals surface area contributed by atoms with Crippen LogP contribution in [0.5, 0.6) is 0 Å². The molecule has 0 radical (unpaired) electrons. The van der Waals surface area contributed by atoms with Crippen molar-refractivity contribution in [1.29, 1.82) is 0 Å². The molecule has 21 heavy (non-hydrogen) atoms. The Bertz CT molecular complexity index is 511. The van der Waals surface area contributed by atoms with E-state index in [4.69, 9.17) is 5.11 Å². The van der Waals surface area contributed by atoms with Gasteiger partial charge in [-0.3, -0.25) is 9.59 Å². The largest absolute Gasteiger partial charge is 0.481 e. The summed E-state index contributed by atoms with van der Waals surface area (Å²) >= 11 is 1.36. The van der Waals surface area contributed by atoms with E-state index in [2.05, 4.69) is 5.32 Å². The molecule has 2 rings (SSSR count). The van der Waals surface area contributed by atoms with Crippen molar-refractivity contribution in [2.45, 2.75) is 49.3 Å². The van der Waals surface area contributed by atoms with Gasteiger partial charge in [0, 0.05) is 5.25 Å². The Morgan fingerprint density at radius 1 is 1.29 bits per heavy atom. The molecule has 120 valence electrons. The van der Waals surface area contributed by atoms with Crippen molar-refractivity contribution in [1.82, 2.24) is 5.32 Å². The number of hydrogen-bond donors (Lipinski definition) is 2. The molecule has 1 saturated heterocycles. The fourth-order valence-corrected chi connectivity index (χ4v) is 6.55. The Hall–Kier alpha value is -0.760. The van der Waals surface area contributed by atoms with Crippen LogP contribution in [-0.2, 0) is 19.4 Å². The third-order valence-corrected chi connectivity index (χ3v) is 7.38. The van der Waals surface area contributed by atoms with Gasteiger partial charge in [0.05, 0.1) is 29.2 Å². The number of nitrogens with one attached hydrogen (secondary N) is 1. The summed E-state index contributed by atoms with van der Waals surface area (Å²) in [7, 11) is -2.92. The van der Waals surface area contributed by atoms with Crippen LogP contribution in [0.3, 0.4) is 0 Å². The van der Waals surface area contributed by atoms with Crippen molar-refractivity contribution in [2.24, 2.45) is 0 Å². The van der Waals surface area contributed by atoms with Crippen molar-refractivity contribution in [3.63, 3.8) is 0 Å². The van der Waals surface area contributed by atoms with Crippen molar-refractivity contribution in [2.75, 3.05) is 17.3 Å². The van der Waals surface area contributed by atoms with E-state index in [0.29, 0.717) is 19.3 Å². The van der Waals surface area contributed by atoms with Gasteiger partial charge in [-0.1, -0.05) is 12.8 Å². The molecule has 1 atom stereocenters. The predicted octanol–water partition coefficient (Wildman–Crippen LogP) is 0.810. The molecule has 0 aromatic heterocycles. The molecule has 1 heterocycles. The summed E-state index contributed by atoms with van der Waals surface area (Å²) < 4.78 is 22.7. The number of sulfone groups is 1. The number of amides is 1. The van der Waals surface area contributed by atoms with Gasteiger partial charge < -0.3 is 10.4 Å². The van der Waals surface area contributed by atoms with E-state index in [0.717, 1.165) is 12.8 Å². The summed E-state index contributed by atoms with van der Waals surface area (Å²) in [5, 5.41) is 11.9. The van der Waals surface area contributed by atoms with Gasteiger partial charge in [-0.25, -0.2) is 8.42 Å². The maximum Gasteiger partial charge on any atom is 0.305 e. The lowest BCUT2D eigenvalue weighted by molar-refractivity contribution is -0.139. The molecule has 1 saturated carbocycles. The van der Waals surface area contributed by atoms with Crippen LogP contribution >= 0.6 is 11.8 Å². The van der Waals surface area contributed by atoms with Crippen LogP contribution in [0, 0.1) is 0 Å². The molecule has 1 unspecified atom stereocenters. The van der Waals surface area contributed by atoms with E-state index in [-0.39, 0.29) is 34.8 Å². The molecular weight excluding hydrogens is 314 g/mol. The maximum atomic E-state index is 12.0. The Labute approximate surface area is 129 Å². The van der Waals surface area contributed by atoms with Crippen molar-refractivity contribution in [3.8, 4) is 0 Å². The molecule has 2 fully saturated rings. The first-order valence-corrected chi connectivity index (χ1v) is 10.0. The number of rotatable bonds is 6. The van der Waals surface area contributed by atoms with Crippen LogP contribution in [0.25, 0.3) is 0 Å².